The van der Waals surface area contributed by atoms with Gasteiger partial charge in [-0.3, -0.25) is 0 Å². The molecule has 11 aromatic carbocycles. The van der Waals surface area contributed by atoms with Crippen molar-refractivity contribution in [1.29, 1.82) is 0 Å². The molecule has 2 aliphatic heterocycles. The van der Waals surface area contributed by atoms with E-state index in [0.29, 0.717) is 0 Å². The molecule has 428 valence electrons. The fraction of sp³-hybridized carbons (Fsp3) is 0.214. The minimum atomic E-state index is -0.724. The molecule has 15 rings (SSSR count). The lowest BCUT2D eigenvalue weighted by molar-refractivity contribution is 0.436. The molecule has 0 unspecified atom stereocenters. The van der Waals surface area contributed by atoms with E-state index in [2.05, 4.69) is 325 Å². The molecule has 0 amide bonds. The number of ether oxygens (including phenoxy) is 1. The lowest BCUT2D eigenvalue weighted by atomic mass is 9.65. The van der Waals surface area contributed by atoms with Crippen molar-refractivity contribution in [2.24, 2.45) is 0 Å². The lowest BCUT2D eigenvalue weighted by Crippen LogP contribution is -2.33. The molecule has 0 fully saturated rings. The van der Waals surface area contributed by atoms with E-state index in [0.717, 1.165) is 50.8 Å². The van der Waals surface area contributed by atoms with Crippen LogP contribution < -0.4 is 9.64 Å². The fourth-order valence-electron chi connectivity index (χ4n) is 14.8. The van der Waals surface area contributed by atoms with E-state index in [1.54, 1.807) is 0 Å². The van der Waals surface area contributed by atoms with E-state index in [1.807, 2.05) is 11.8 Å². The quantitative estimate of drug-likeness (QED) is 0.170. The molecule has 4 aliphatic rings. The minimum absolute atomic E-state index is 0.0754. The minimum Gasteiger partial charge on any atom is -0.457 e. The van der Waals surface area contributed by atoms with Gasteiger partial charge in [-0.05, 0) is 171 Å². The van der Waals surface area contributed by atoms with Crippen molar-refractivity contribution in [3.63, 3.8) is 0 Å². The molecule has 0 aromatic heterocycles. The van der Waals surface area contributed by atoms with Gasteiger partial charge in [-0.2, -0.15) is 0 Å². The Morgan fingerprint density at radius 3 is 1.25 bits per heavy atom. The van der Waals surface area contributed by atoms with Crippen LogP contribution in [-0.2, 0) is 32.5 Å². The van der Waals surface area contributed by atoms with E-state index < -0.39 is 10.8 Å². The third-order valence-corrected chi connectivity index (χ3v) is 20.6. The van der Waals surface area contributed by atoms with Crippen molar-refractivity contribution >= 4 is 28.8 Å². The SMILES string of the molecule is CC(C)(C)c1ccc2c(c1)C1(c3cc(C(C)(C)C)ccc3S2)c2ccccc2-c2ccc(N(c3ccc4c(c3)C3(c5ccccc5O4)c4cc(C(C)(C)C)ccc4-c4ccc(C(C)(C)C)cc43)c3ccccc3-c3ccc(-c4ccccc4)cc3)cc21. The van der Waals surface area contributed by atoms with Gasteiger partial charge in [-0.25, -0.2) is 0 Å². The van der Waals surface area contributed by atoms with Crippen LogP contribution >= 0.6 is 11.8 Å². The molecule has 0 saturated heterocycles. The first-order valence-electron chi connectivity index (χ1n) is 31.1. The molecule has 0 N–H and O–H groups in total. The summed E-state index contributed by atoms with van der Waals surface area (Å²) in [5, 5.41) is 0. The zero-order valence-corrected chi connectivity index (χ0v) is 53.1. The maximum absolute atomic E-state index is 7.26. The highest BCUT2D eigenvalue weighted by Crippen LogP contribution is 2.66. The topological polar surface area (TPSA) is 12.5 Å². The first-order valence-corrected chi connectivity index (χ1v) is 31.9. The summed E-state index contributed by atoms with van der Waals surface area (Å²) in [5.74, 6) is 1.75. The van der Waals surface area contributed by atoms with E-state index in [1.165, 1.54) is 98.8 Å². The molecule has 2 nitrogen and oxygen atoms in total. The molecule has 2 spiro atoms. The summed E-state index contributed by atoms with van der Waals surface area (Å²) < 4.78 is 7.26. The summed E-state index contributed by atoms with van der Waals surface area (Å²) in [5.41, 5.74) is 26.8. The van der Waals surface area contributed by atoms with Gasteiger partial charge in [0.1, 0.15) is 11.5 Å². The Labute approximate surface area is 520 Å². The lowest BCUT2D eigenvalue weighted by Gasteiger charge is -2.42. The van der Waals surface area contributed by atoms with Gasteiger partial charge in [-0.15, -0.1) is 0 Å². The van der Waals surface area contributed by atoms with Gasteiger partial charge in [0.15, 0.2) is 0 Å². The largest absolute Gasteiger partial charge is 0.457 e. The first-order chi connectivity index (χ1) is 41.6. The monoisotopic (exact) mass is 1150 g/mol. The second-order valence-electron chi connectivity index (χ2n) is 28.9. The van der Waals surface area contributed by atoms with Crippen LogP contribution in [0.4, 0.5) is 17.1 Å². The Morgan fingerprint density at radius 1 is 0.287 bits per heavy atom. The van der Waals surface area contributed by atoms with Crippen LogP contribution in [0, 0.1) is 0 Å². The number of fused-ring (bicyclic) bond motifs is 18. The van der Waals surface area contributed by atoms with Gasteiger partial charge in [0.25, 0.3) is 0 Å². The summed E-state index contributed by atoms with van der Waals surface area (Å²) in [6, 6.07) is 90.8. The van der Waals surface area contributed by atoms with Crippen molar-refractivity contribution in [2.75, 3.05) is 4.90 Å². The van der Waals surface area contributed by atoms with Gasteiger partial charge in [0, 0.05) is 37.9 Å². The summed E-state index contributed by atoms with van der Waals surface area (Å²) in [7, 11) is 0. The van der Waals surface area contributed by atoms with Crippen LogP contribution in [0.15, 0.2) is 246 Å². The predicted molar refractivity (Wildman–Crippen MR) is 366 cm³/mol. The van der Waals surface area contributed by atoms with E-state index in [4.69, 9.17) is 4.74 Å². The molecule has 2 aliphatic carbocycles. The molecule has 0 atom stereocenters. The third-order valence-electron chi connectivity index (χ3n) is 19.5. The van der Waals surface area contributed by atoms with Crippen LogP contribution in [0.5, 0.6) is 11.5 Å². The Balaban J connectivity index is 1.04. The number of hydrogen-bond donors (Lipinski definition) is 0. The Hall–Kier alpha value is -8.63. The van der Waals surface area contributed by atoms with Gasteiger partial charge in [0.05, 0.1) is 16.5 Å². The van der Waals surface area contributed by atoms with Gasteiger partial charge >= 0.3 is 0 Å². The van der Waals surface area contributed by atoms with Crippen molar-refractivity contribution in [3.8, 4) is 56.0 Å². The number of para-hydroxylation sites is 2. The first kappa shape index (κ1) is 55.0. The highest BCUT2D eigenvalue weighted by molar-refractivity contribution is 7.99. The maximum Gasteiger partial charge on any atom is 0.132 e. The average molecular weight is 1150 g/mol. The van der Waals surface area contributed by atoms with E-state index >= 15 is 0 Å². The van der Waals surface area contributed by atoms with Crippen molar-refractivity contribution in [3.05, 3.63) is 303 Å². The summed E-state index contributed by atoms with van der Waals surface area (Å²) in [4.78, 5) is 5.17. The molecular formula is C84H75NOS. The molecular weight excluding hydrogens is 1070 g/mol. The van der Waals surface area contributed by atoms with Crippen LogP contribution in [0.25, 0.3) is 44.5 Å². The average Bonchev–Trinajstić information content (AvgIpc) is 1.57. The summed E-state index contributed by atoms with van der Waals surface area (Å²) in [6.45, 7) is 28.1. The van der Waals surface area contributed by atoms with Gasteiger partial charge in [-0.1, -0.05) is 277 Å². The van der Waals surface area contributed by atoms with Crippen molar-refractivity contribution in [2.45, 2.75) is 125 Å². The summed E-state index contributed by atoms with van der Waals surface area (Å²) >= 11 is 1.92. The van der Waals surface area contributed by atoms with E-state index in [9.17, 15) is 0 Å². The highest BCUT2D eigenvalue weighted by Gasteiger charge is 2.54. The number of anilines is 3. The van der Waals surface area contributed by atoms with Gasteiger partial charge < -0.3 is 9.64 Å². The number of nitrogens with zero attached hydrogens (tertiary/aromatic N) is 1. The molecule has 3 heteroatoms. The maximum atomic E-state index is 7.26. The zero-order valence-electron chi connectivity index (χ0n) is 52.3. The Kier molecular flexibility index (Phi) is 12.3. The molecule has 0 bridgehead atoms. The molecule has 2 heterocycles. The smallest absolute Gasteiger partial charge is 0.132 e. The third kappa shape index (κ3) is 8.43. The second kappa shape index (κ2) is 19.4. The van der Waals surface area contributed by atoms with Crippen LogP contribution in [-0.4, -0.2) is 0 Å². The fourth-order valence-corrected chi connectivity index (χ4v) is 16.0. The van der Waals surface area contributed by atoms with E-state index in [-0.39, 0.29) is 21.7 Å². The number of hydrogen-bond acceptors (Lipinski definition) is 3. The molecule has 87 heavy (non-hydrogen) atoms. The van der Waals surface area contributed by atoms with Crippen molar-refractivity contribution < 1.29 is 4.74 Å². The standard InChI is InChI=1S/C84H75NOS/c1-79(2,3)55-34-40-63-64-41-35-56(80(4,5)6)47-69(64)84(68(63)46-55)67-27-19-21-29-75(67)86-76-43-39-60(51-71(76)84)85(74-28-20-17-24-61(74)54-32-30-53(31-33-54)52-22-14-13-15-23-52)59-38-42-65-62-25-16-18-26-66(62)83(70(65)50-59)72-48-57(81(7,8)9)36-44-77(72)87-78-45-37-58(49-73(78)83)82(10,11)12/h13-51H,1-12H3. The normalized spacial score (nSPS) is 14.7. The van der Waals surface area contributed by atoms with Crippen LogP contribution in [0.1, 0.15) is 150 Å². The van der Waals surface area contributed by atoms with Crippen molar-refractivity contribution in [1.82, 2.24) is 0 Å². The van der Waals surface area contributed by atoms with Gasteiger partial charge in [0.2, 0.25) is 0 Å². The zero-order chi connectivity index (χ0) is 60.2. The summed E-state index contributed by atoms with van der Waals surface area (Å²) in [6.07, 6.45) is 0. The van der Waals surface area contributed by atoms with Crippen LogP contribution in [0.2, 0.25) is 0 Å². The number of rotatable bonds is 5. The molecule has 11 aromatic rings. The van der Waals surface area contributed by atoms with Crippen LogP contribution in [0.3, 0.4) is 0 Å². The predicted octanol–water partition coefficient (Wildman–Crippen LogP) is 23.0. The highest BCUT2D eigenvalue weighted by atomic mass is 32.2. The molecule has 0 radical (unpaired) electrons. The Morgan fingerprint density at radius 2 is 0.678 bits per heavy atom. The number of benzene rings is 11. The second-order valence-corrected chi connectivity index (χ2v) is 30.0. The molecule has 0 saturated carbocycles. The Bertz CT molecular complexity index is 4480.